The molecule has 1 spiro atoms. The van der Waals surface area contributed by atoms with Crippen molar-refractivity contribution in [1.29, 1.82) is 0 Å². The van der Waals surface area contributed by atoms with Crippen molar-refractivity contribution in [1.82, 2.24) is 4.90 Å². The molecule has 0 bridgehead atoms. The molecule has 24 heavy (non-hydrogen) atoms. The Bertz CT molecular complexity index is 392. The second kappa shape index (κ2) is 7.61. The molecule has 4 nitrogen and oxygen atoms in total. The van der Waals surface area contributed by atoms with E-state index >= 15 is 0 Å². The van der Waals surface area contributed by atoms with E-state index in [0.29, 0.717) is 11.5 Å². The van der Waals surface area contributed by atoms with Crippen molar-refractivity contribution in [2.45, 2.75) is 83.7 Å². The Labute approximate surface area is 148 Å². The van der Waals surface area contributed by atoms with Crippen LogP contribution in [0.3, 0.4) is 0 Å². The van der Waals surface area contributed by atoms with Gasteiger partial charge in [-0.1, -0.05) is 20.8 Å². The first-order valence-corrected chi connectivity index (χ1v) is 9.98. The molecule has 1 saturated carbocycles. The third-order valence-electron chi connectivity index (χ3n) is 6.26. The van der Waals surface area contributed by atoms with Crippen molar-refractivity contribution in [3.63, 3.8) is 0 Å². The van der Waals surface area contributed by atoms with E-state index in [1.165, 1.54) is 25.7 Å². The van der Waals surface area contributed by atoms with Crippen LogP contribution in [0.15, 0.2) is 0 Å². The van der Waals surface area contributed by atoms with Gasteiger partial charge in [-0.2, -0.15) is 0 Å². The van der Waals surface area contributed by atoms with Gasteiger partial charge in [0.1, 0.15) is 0 Å². The van der Waals surface area contributed by atoms with E-state index in [9.17, 15) is 0 Å². The van der Waals surface area contributed by atoms with Crippen LogP contribution in [-0.4, -0.2) is 56.2 Å². The van der Waals surface area contributed by atoms with E-state index in [4.69, 9.17) is 14.2 Å². The maximum Gasteiger partial charge on any atom is 0.168 e. The van der Waals surface area contributed by atoms with Gasteiger partial charge in [0.15, 0.2) is 5.79 Å². The topological polar surface area (TPSA) is 30.9 Å². The molecule has 4 heteroatoms. The number of hydrogen-bond acceptors (Lipinski definition) is 4. The van der Waals surface area contributed by atoms with E-state index in [2.05, 4.69) is 32.7 Å². The Balaban J connectivity index is 1.38. The van der Waals surface area contributed by atoms with Gasteiger partial charge >= 0.3 is 0 Å². The maximum absolute atomic E-state index is 6.39. The number of ether oxygens (including phenoxy) is 3. The highest BCUT2D eigenvalue weighted by molar-refractivity contribution is 4.89. The number of likely N-dealkylation sites (N-methyl/N-ethyl adjacent to an activating group) is 1. The Morgan fingerprint density at radius 2 is 1.83 bits per heavy atom. The molecule has 3 fully saturated rings. The molecule has 2 atom stereocenters. The van der Waals surface area contributed by atoms with Crippen LogP contribution in [-0.2, 0) is 14.2 Å². The molecule has 0 aromatic rings. The lowest BCUT2D eigenvalue weighted by Crippen LogP contribution is -2.39. The van der Waals surface area contributed by atoms with Gasteiger partial charge in [-0.05, 0) is 50.5 Å². The minimum absolute atomic E-state index is 0.264. The monoisotopic (exact) mass is 339 g/mol. The van der Waals surface area contributed by atoms with Crippen molar-refractivity contribution in [3.05, 3.63) is 0 Å². The quantitative estimate of drug-likeness (QED) is 0.761. The molecule has 140 valence electrons. The number of rotatable bonds is 5. The summed E-state index contributed by atoms with van der Waals surface area (Å²) < 4.78 is 18.3. The molecule has 2 unspecified atom stereocenters. The van der Waals surface area contributed by atoms with Crippen LogP contribution in [0.1, 0.15) is 65.7 Å². The van der Waals surface area contributed by atoms with E-state index in [-0.39, 0.29) is 11.9 Å². The van der Waals surface area contributed by atoms with Gasteiger partial charge in [-0.15, -0.1) is 0 Å². The van der Waals surface area contributed by atoms with Crippen LogP contribution in [0, 0.1) is 11.3 Å². The van der Waals surface area contributed by atoms with Gasteiger partial charge in [-0.3, -0.25) is 0 Å². The van der Waals surface area contributed by atoms with Crippen LogP contribution in [0.5, 0.6) is 0 Å². The van der Waals surface area contributed by atoms with E-state index in [1.807, 2.05) is 0 Å². The molecule has 3 aliphatic rings. The lowest BCUT2D eigenvalue weighted by atomic mass is 9.71. The van der Waals surface area contributed by atoms with Crippen molar-refractivity contribution in [2.75, 3.05) is 33.4 Å². The summed E-state index contributed by atoms with van der Waals surface area (Å²) in [6.07, 6.45) is 8.80. The summed E-state index contributed by atoms with van der Waals surface area (Å²) in [6, 6.07) is 0. The molecule has 1 aliphatic carbocycles. The molecule has 2 heterocycles. The zero-order chi connectivity index (χ0) is 17.2. The standard InChI is InChI=1S/C20H37NO3/c1-19(2,3)16-7-10-20(11-8-16)23-15-18(24-20)9-12-21(4)14-17-6-5-13-22-17/h16-18H,5-15H2,1-4H3. The Morgan fingerprint density at radius 1 is 1.08 bits per heavy atom. The van der Waals surface area contributed by atoms with Crippen molar-refractivity contribution < 1.29 is 14.2 Å². The Kier molecular flexibility index (Phi) is 5.90. The highest BCUT2D eigenvalue weighted by Gasteiger charge is 2.45. The van der Waals surface area contributed by atoms with Crippen LogP contribution in [0.4, 0.5) is 0 Å². The molecular formula is C20H37NO3. The van der Waals surface area contributed by atoms with Crippen molar-refractivity contribution in [2.24, 2.45) is 11.3 Å². The lowest BCUT2D eigenvalue weighted by molar-refractivity contribution is -0.197. The fraction of sp³-hybridized carbons (Fsp3) is 1.00. The van der Waals surface area contributed by atoms with Gasteiger partial charge in [0.2, 0.25) is 0 Å². The second-order valence-electron chi connectivity index (χ2n) is 9.29. The first-order valence-electron chi connectivity index (χ1n) is 9.98. The average molecular weight is 340 g/mol. The lowest BCUT2D eigenvalue weighted by Gasteiger charge is -2.41. The highest BCUT2D eigenvalue weighted by atomic mass is 16.7. The fourth-order valence-electron chi connectivity index (χ4n) is 4.54. The number of nitrogens with zero attached hydrogens (tertiary/aromatic N) is 1. The summed E-state index contributed by atoms with van der Waals surface area (Å²) in [5.41, 5.74) is 0.407. The largest absolute Gasteiger partial charge is 0.377 e. The van der Waals surface area contributed by atoms with Crippen LogP contribution in [0.25, 0.3) is 0 Å². The Hall–Kier alpha value is -0.160. The molecular weight excluding hydrogens is 302 g/mol. The molecule has 3 rings (SSSR count). The zero-order valence-electron chi connectivity index (χ0n) is 16.2. The zero-order valence-corrected chi connectivity index (χ0v) is 16.2. The fourth-order valence-corrected chi connectivity index (χ4v) is 4.54. The van der Waals surface area contributed by atoms with E-state index in [0.717, 1.165) is 51.5 Å². The minimum Gasteiger partial charge on any atom is -0.377 e. The summed E-state index contributed by atoms with van der Waals surface area (Å²) >= 11 is 0. The molecule has 0 radical (unpaired) electrons. The third-order valence-corrected chi connectivity index (χ3v) is 6.26. The summed E-state index contributed by atoms with van der Waals surface area (Å²) in [4.78, 5) is 2.39. The van der Waals surface area contributed by atoms with Crippen LogP contribution < -0.4 is 0 Å². The predicted molar refractivity (Wildman–Crippen MR) is 96.1 cm³/mol. The van der Waals surface area contributed by atoms with Crippen molar-refractivity contribution >= 4 is 0 Å². The summed E-state index contributed by atoms with van der Waals surface area (Å²) in [6.45, 7) is 10.9. The molecule has 0 N–H and O–H groups in total. The minimum atomic E-state index is -0.264. The van der Waals surface area contributed by atoms with Crippen LogP contribution in [0.2, 0.25) is 0 Å². The highest BCUT2D eigenvalue weighted by Crippen LogP contribution is 2.45. The van der Waals surface area contributed by atoms with E-state index in [1.54, 1.807) is 0 Å². The van der Waals surface area contributed by atoms with E-state index < -0.39 is 0 Å². The normalized spacial score (nSPS) is 37.6. The SMILES string of the molecule is CN(CCC1COC2(CCC(C(C)(C)C)CC2)O1)CC1CCCO1. The first-order chi connectivity index (χ1) is 11.4. The third kappa shape index (κ3) is 4.72. The predicted octanol–water partition coefficient (Wildman–Crippen LogP) is 3.84. The van der Waals surface area contributed by atoms with Crippen LogP contribution >= 0.6 is 0 Å². The van der Waals surface area contributed by atoms with Gasteiger partial charge in [0.05, 0.1) is 18.8 Å². The first kappa shape index (κ1) is 18.6. The molecule has 2 saturated heterocycles. The summed E-state index contributed by atoms with van der Waals surface area (Å²) in [5.74, 6) is 0.534. The summed E-state index contributed by atoms with van der Waals surface area (Å²) in [5, 5.41) is 0. The maximum atomic E-state index is 6.39. The van der Waals surface area contributed by atoms with Gasteiger partial charge in [0.25, 0.3) is 0 Å². The van der Waals surface area contributed by atoms with Gasteiger partial charge < -0.3 is 19.1 Å². The number of hydrogen-bond donors (Lipinski definition) is 0. The smallest absolute Gasteiger partial charge is 0.168 e. The van der Waals surface area contributed by atoms with Gasteiger partial charge in [-0.25, -0.2) is 0 Å². The Morgan fingerprint density at radius 3 is 2.46 bits per heavy atom. The molecule has 2 aliphatic heterocycles. The second-order valence-corrected chi connectivity index (χ2v) is 9.29. The van der Waals surface area contributed by atoms with Gasteiger partial charge in [0, 0.05) is 32.5 Å². The molecule has 0 aromatic carbocycles. The average Bonchev–Trinajstić information content (AvgIpc) is 3.15. The molecule has 0 amide bonds. The summed E-state index contributed by atoms with van der Waals surface area (Å²) in [7, 11) is 2.20. The molecule has 0 aromatic heterocycles. The van der Waals surface area contributed by atoms with Crippen molar-refractivity contribution in [3.8, 4) is 0 Å².